The number of phenolic OH excluding ortho intramolecular Hbond substituents is 1. The predicted octanol–water partition coefficient (Wildman–Crippen LogP) is 5.35. The van der Waals surface area contributed by atoms with E-state index in [1.54, 1.807) is 6.07 Å². The van der Waals surface area contributed by atoms with Gasteiger partial charge in [-0.3, -0.25) is 9.59 Å². The van der Waals surface area contributed by atoms with Gasteiger partial charge in [0.25, 0.3) is 0 Å². The van der Waals surface area contributed by atoms with Crippen molar-refractivity contribution in [3.63, 3.8) is 0 Å². The first-order valence-corrected chi connectivity index (χ1v) is 12.9. The van der Waals surface area contributed by atoms with E-state index in [0.717, 1.165) is 35.8 Å². The highest BCUT2D eigenvalue weighted by Gasteiger charge is 2.58. The molecule has 7 nitrogen and oxygen atoms in total. The number of ether oxygens (including phenoxy) is 2. The SMILES string of the molecule is CCC1=C2[C@@H](CC/C(=C/c3ccc(O)c(F)c3)c3ccccc3)OC[C@@H]2[C@@H]2C(=O)N(C(=O)OC)C(=O)[C@@H]2C1. The lowest BCUT2D eigenvalue weighted by Gasteiger charge is -2.31. The molecule has 3 amide bonds. The molecule has 0 radical (unpaired) electrons. The normalized spacial score (nSPS) is 25.0. The minimum absolute atomic E-state index is 0.227. The Morgan fingerprint density at radius 1 is 1.16 bits per heavy atom. The Hall–Kier alpha value is -3.78. The van der Waals surface area contributed by atoms with Gasteiger partial charge < -0.3 is 14.6 Å². The molecule has 2 aromatic carbocycles. The monoisotopic (exact) mass is 519 g/mol. The second kappa shape index (κ2) is 10.5. The Morgan fingerprint density at radius 3 is 2.61 bits per heavy atom. The quantitative estimate of drug-likeness (QED) is 0.314. The number of likely N-dealkylation sites (tertiary alicyclic amines) is 1. The van der Waals surface area contributed by atoms with Gasteiger partial charge in [-0.2, -0.15) is 4.90 Å². The zero-order chi connectivity index (χ0) is 27.0. The number of halogens is 1. The summed E-state index contributed by atoms with van der Waals surface area (Å²) in [7, 11) is 1.16. The number of phenols is 1. The first kappa shape index (κ1) is 25.9. The predicted molar refractivity (Wildman–Crippen MR) is 138 cm³/mol. The number of fused-ring (bicyclic) bond motifs is 3. The number of carbonyl (C=O) groups excluding carboxylic acids is 3. The molecule has 8 heteroatoms. The molecule has 0 spiro atoms. The Balaban J connectivity index is 1.41. The third-order valence-electron chi connectivity index (χ3n) is 7.93. The maximum atomic E-state index is 14.0. The zero-order valence-electron chi connectivity index (χ0n) is 21.4. The summed E-state index contributed by atoms with van der Waals surface area (Å²) in [6, 6.07) is 14.1. The van der Waals surface area contributed by atoms with E-state index in [2.05, 4.69) is 0 Å². The first-order valence-electron chi connectivity index (χ1n) is 12.9. The highest BCUT2D eigenvalue weighted by atomic mass is 19.1. The number of aromatic hydroxyl groups is 1. The number of methoxy groups -OCH3 is 1. The Kier molecular flexibility index (Phi) is 7.17. The summed E-state index contributed by atoms with van der Waals surface area (Å²) in [5.41, 5.74) is 4.80. The molecule has 0 saturated carbocycles. The van der Waals surface area contributed by atoms with Crippen molar-refractivity contribution in [3.05, 3.63) is 76.6 Å². The van der Waals surface area contributed by atoms with E-state index in [0.29, 0.717) is 36.3 Å². The van der Waals surface area contributed by atoms with Crippen LogP contribution in [0.25, 0.3) is 11.6 Å². The van der Waals surface area contributed by atoms with Crippen LogP contribution >= 0.6 is 0 Å². The third kappa shape index (κ3) is 4.53. The van der Waals surface area contributed by atoms with Crippen molar-refractivity contribution in [1.82, 2.24) is 4.90 Å². The van der Waals surface area contributed by atoms with Crippen LogP contribution in [0.2, 0.25) is 0 Å². The van der Waals surface area contributed by atoms with Gasteiger partial charge in [0, 0.05) is 5.92 Å². The summed E-state index contributed by atoms with van der Waals surface area (Å²) in [4.78, 5) is 39.0. The molecular weight excluding hydrogens is 489 g/mol. The molecule has 2 heterocycles. The largest absolute Gasteiger partial charge is 0.505 e. The van der Waals surface area contributed by atoms with Gasteiger partial charge in [-0.15, -0.1) is 0 Å². The lowest BCUT2D eigenvalue weighted by atomic mass is 9.69. The second-order valence-corrected chi connectivity index (χ2v) is 9.94. The number of imide groups is 3. The summed E-state index contributed by atoms with van der Waals surface area (Å²) in [5, 5.41) is 9.57. The molecule has 1 aliphatic carbocycles. The molecule has 2 saturated heterocycles. The van der Waals surface area contributed by atoms with E-state index in [-0.39, 0.29) is 12.0 Å². The number of carbonyl (C=O) groups is 3. The van der Waals surface area contributed by atoms with Gasteiger partial charge in [0.2, 0.25) is 11.8 Å². The van der Waals surface area contributed by atoms with E-state index in [1.807, 2.05) is 43.3 Å². The smallest absolute Gasteiger partial charge is 0.423 e. The van der Waals surface area contributed by atoms with Gasteiger partial charge in [0.15, 0.2) is 11.6 Å². The second-order valence-electron chi connectivity index (χ2n) is 9.94. The molecule has 2 aliphatic heterocycles. The van der Waals surface area contributed by atoms with Gasteiger partial charge in [-0.25, -0.2) is 9.18 Å². The van der Waals surface area contributed by atoms with E-state index in [1.165, 1.54) is 12.1 Å². The highest BCUT2D eigenvalue weighted by Crippen LogP contribution is 2.50. The van der Waals surface area contributed by atoms with Crippen LogP contribution in [0.1, 0.15) is 43.7 Å². The topological polar surface area (TPSA) is 93.1 Å². The van der Waals surface area contributed by atoms with Gasteiger partial charge in [-0.05, 0) is 60.1 Å². The van der Waals surface area contributed by atoms with Crippen LogP contribution in [0.4, 0.5) is 9.18 Å². The van der Waals surface area contributed by atoms with Crippen molar-refractivity contribution < 1.29 is 33.4 Å². The number of allylic oxidation sites excluding steroid dienone is 2. The van der Waals surface area contributed by atoms with Crippen molar-refractivity contribution in [1.29, 1.82) is 0 Å². The van der Waals surface area contributed by atoms with Gasteiger partial charge >= 0.3 is 6.09 Å². The van der Waals surface area contributed by atoms with Crippen molar-refractivity contribution in [2.45, 2.75) is 38.7 Å². The maximum Gasteiger partial charge on any atom is 0.423 e. The highest BCUT2D eigenvalue weighted by molar-refractivity contribution is 6.16. The van der Waals surface area contributed by atoms with Crippen LogP contribution in [0.5, 0.6) is 5.75 Å². The lowest BCUT2D eigenvalue weighted by Crippen LogP contribution is -2.38. The van der Waals surface area contributed by atoms with Crippen LogP contribution < -0.4 is 0 Å². The van der Waals surface area contributed by atoms with Gasteiger partial charge in [0.1, 0.15) is 0 Å². The van der Waals surface area contributed by atoms with Crippen molar-refractivity contribution in [3.8, 4) is 5.75 Å². The molecular formula is C30H30FNO6. The number of hydrogen-bond acceptors (Lipinski definition) is 6. The van der Waals surface area contributed by atoms with E-state index < -0.39 is 41.3 Å². The molecule has 38 heavy (non-hydrogen) atoms. The Bertz CT molecular complexity index is 1330. The van der Waals surface area contributed by atoms with Crippen LogP contribution in [-0.4, -0.2) is 47.7 Å². The third-order valence-corrected chi connectivity index (χ3v) is 7.93. The number of nitrogens with zero attached hydrogens (tertiary/aromatic N) is 1. The average molecular weight is 520 g/mol. The number of hydrogen-bond donors (Lipinski definition) is 1. The Labute approximate surface area is 220 Å². The molecule has 4 atom stereocenters. The fourth-order valence-electron chi connectivity index (χ4n) is 6.14. The number of rotatable bonds is 6. The summed E-state index contributed by atoms with van der Waals surface area (Å²) in [6.45, 7) is 2.34. The number of amides is 3. The van der Waals surface area contributed by atoms with Crippen LogP contribution in [0, 0.1) is 23.6 Å². The molecule has 0 bridgehead atoms. The molecule has 2 fully saturated rings. The molecule has 0 aromatic heterocycles. The van der Waals surface area contributed by atoms with Crippen LogP contribution in [-0.2, 0) is 19.1 Å². The van der Waals surface area contributed by atoms with E-state index >= 15 is 0 Å². The minimum atomic E-state index is -0.937. The van der Waals surface area contributed by atoms with Crippen LogP contribution in [0.15, 0.2) is 59.7 Å². The minimum Gasteiger partial charge on any atom is -0.505 e. The van der Waals surface area contributed by atoms with Gasteiger partial charge in [0.05, 0.1) is 31.7 Å². The van der Waals surface area contributed by atoms with Crippen molar-refractivity contribution in [2.24, 2.45) is 17.8 Å². The first-order chi connectivity index (χ1) is 18.3. The van der Waals surface area contributed by atoms with E-state index in [4.69, 9.17) is 9.47 Å². The summed E-state index contributed by atoms with van der Waals surface area (Å²) in [5.74, 6) is -3.52. The van der Waals surface area contributed by atoms with Crippen molar-refractivity contribution >= 4 is 29.6 Å². The molecule has 3 aliphatic rings. The van der Waals surface area contributed by atoms with E-state index in [9.17, 15) is 23.9 Å². The summed E-state index contributed by atoms with van der Waals surface area (Å²) >= 11 is 0. The Morgan fingerprint density at radius 2 is 1.92 bits per heavy atom. The summed E-state index contributed by atoms with van der Waals surface area (Å²) in [6.07, 6.45) is 3.16. The standard InChI is InChI=1S/C30H30FNO6/c1-3-18-15-21-27(29(35)32(28(21)34)30(36)37-2)22-16-38-25(26(18)22)12-10-20(19-7-5-4-6-8-19)13-17-9-11-24(33)23(31)14-17/h4-9,11,13-14,21-22,25,27,33H,3,10,12,15-16H2,1-2H3/b20-13-/t21-,22+,25-,27-/m1/s1. The molecule has 198 valence electrons. The number of benzene rings is 2. The average Bonchev–Trinajstić information content (AvgIpc) is 3.46. The molecule has 0 unspecified atom stereocenters. The fourth-order valence-corrected chi connectivity index (χ4v) is 6.14. The van der Waals surface area contributed by atoms with Gasteiger partial charge in [-0.1, -0.05) is 55.0 Å². The fraction of sp³-hybridized carbons (Fsp3) is 0.367. The maximum absolute atomic E-state index is 14.0. The molecule has 1 N–H and O–H groups in total. The summed E-state index contributed by atoms with van der Waals surface area (Å²) < 4.78 is 24.9. The van der Waals surface area contributed by atoms with Crippen molar-refractivity contribution in [2.75, 3.05) is 13.7 Å². The molecule has 2 aromatic rings. The van der Waals surface area contributed by atoms with Crippen LogP contribution in [0.3, 0.4) is 0 Å². The molecule has 5 rings (SSSR count). The lowest BCUT2D eigenvalue weighted by molar-refractivity contribution is -0.137. The zero-order valence-corrected chi connectivity index (χ0v) is 21.4.